The minimum atomic E-state index is -0.0553. The molecular formula is C17H30N6. The summed E-state index contributed by atoms with van der Waals surface area (Å²) >= 11 is 0. The van der Waals surface area contributed by atoms with E-state index in [1.165, 1.54) is 0 Å². The molecule has 0 fully saturated rings. The van der Waals surface area contributed by atoms with Gasteiger partial charge in [0, 0.05) is 51.3 Å². The zero-order valence-electron chi connectivity index (χ0n) is 15.3. The molecular weight excluding hydrogens is 288 g/mol. The van der Waals surface area contributed by atoms with Crippen LogP contribution >= 0.6 is 0 Å². The predicted octanol–water partition coefficient (Wildman–Crippen LogP) is 1.86. The lowest BCUT2D eigenvalue weighted by molar-refractivity contribution is -0.0340. The molecule has 0 amide bonds. The highest BCUT2D eigenvalue weighted by molar-refractivity contribution is 5.07. The van der Waals surface area contributed by atoms with Crippen LogP contribution in [0.25, 0.3) is 0 Å². The van der Waals surface area contributed by atoms with Crippen molar-refractivity contribution in [3.8, 4) is 0 Å². The molecule has 0 N–H and O–H groups in total. The second-order valence-corrected chi connectivity index (χ2v) is 7.70. The fraction of sp³-hybridized carbons (Fsp3) is 0.647. The van der Waals surface area contributed by atoms with E-state index in [0.717, 1.165) is 20.0 Å². The van der Waals surface area contributed by atoms with Gasteiger partial charge in [0.1, 0.15) is 11.3 Å². The molecule has 0 aromatic carbocycles. The zero-order valence-corrected chi connectivity index (χ0v) is 15.3. The molecule has 3 heterocycles. The van der Waals surface area contributed by atoms with E-state index < -0.39 is 0 Å². The molecule has 0 saturated carbocycles. The maximum atomic E-state index is 2.40. The van der Waals surface area contributed by atoms with Crippen molar-refractivity contribution in [3.05, 3.63) is 37.2 Å². The van der Waals surface area contributed by atoms with Crippen molar-refractivity contribution in [1.29, 1.82) is 0 Å². The van der Waals surface area contributed by atoms with Gasteiger partial charge in [0.15, 0.2) is 0 Å². The van der Waals surface area contributed by atoms with Gasteiger partial charge in [-0.05, 0) is 27.7 Å². The summed E-state index contributed by atoms with van der Waals surface area (Å²) in [5.41, 5.74) is -0.111. The van der Waals surface area contributed by atoms with Gasteiger partial charge in [-0.2, -0.15) is 0 Å². The van der Waals surface area contributed by atoms with E-state index in [2.05, 4.69) is 108 Å². The highest BCUT2D eigenvalue weighted by atomic mass is 15.5. The van der Waals surface area contributed by atoms with Gasteiger partial charge in [0.2, 0.25) is 0 Å². The topological polar surface area (TPSA) is 19.4 Å². The van der Waals surface area contributed by atoms with Crippen molar-refractivity contribution in [1.82, 2.24) is 29.4 Å². The largest absolute Gasteiger partial charge is 0.362 e. The Bertz CT molecular complexity index is 489. The van der Waals surface area contributed by atoms with E-state index in [0.29, 0.717) is 0 Å². The van der Waals surface area contributed by atoms with Gasteiger partial charge < -0.3 is 29.4 Å². The lowest BCUT2D eigenvalue weighted by atomic mass is 10.1. The number of nitrogens with zero attached hydrogens (tertiary/aromatic N) is 6. The first-order chi connectivity index (χ1) is 10.7. The van der Waals surface area contributed by atoms with E-state index in [9.17, 15) is 0 Å². The van der Waals surface area contributed by atoms with Crippen molar-refractivity contribution in [2.75, 3.05) is 34.1 Å². The first kappa shape index (κ1) is 15.9. The van der Waals surface area contributed by atoms with Gasteiger partial charge in [-0.25, -0.2) is 0 Å². The smallest absolute Gasteiger partial charge is 0.109 e. The van der Waals surface area contributed by atoms with Gasteiger partial charge in [-0.3, -0.25) is 0 Å². The van der Waals surface area contributed by atoms with Crippen LogP contribution in [0, 0.1) is 0 Å². The molecule has 0 aliphatic carbocycles. The molecule has 0 radical (unpaired) electrons. The van der Waals surface area contributed by atoms with Crippen LogP contribution in [0.2, 0.25) is 0 Å². The SMILES string of the molecule is CN1C=CN(C(C)(C)N2C=CN(C(C)(C)N3C=CN(C)C3)C2)C1. The summed E-state index contributed by atoms with van der Waals surface area (Å²) in [6, 6.07) is 0. The molecule has 0 aromatic heterocycles. The standard InChI is InChI=1S/C17H30N6/c1-16(2,20-9-7-18(5)13-20)22-11-12-23(15-22)17(3,4)21-10-8-19(6)14-21/h7-12H,13-15H2,1-6H3. The highest BCUT2D eigenvalue weighted by Gasteiger charge is 2.40. The Morgan fingerprint density at radius 2 is 0.826 bits per heavy atom. The molecule has 128 valence electrons. The maximum absolute atomic E-state index is 2.40. The average molecular weight is 318 g/mol. The summed E-state index contributed by atoms with van der Waals surface area (Å²) in [4.78, 5) is 14.0. The fourth-order valence-corrected chi connectivity index (χ4v) is 3.23. The molecule has 0 saturated heterocycles. The molecule has 0 spiro atoms. The molecule has 0 bridgehead atoms. The van der Waals surface area contributed by atoms with E-state index >= 15 is 0 Å². The first-order valence-electron chi connectivity index (χ1n) is 8.24. The summed E-state index contributed by atoms with van der Waals surface area (Å²) in [7, 11) is 4.22. The molecule has 3 aliphatic rings. The molecule has 3 rings (SSSR count). The van der Waals surface area contributed by atoms with Crippen LogP contribution in [0.4, 0.5) is 0 Å². The maximum Gasteiger partial charge on any atom is 0.109 e. The van der Waals surface area contributed by atoms with Gasteiger partial charge in [0.05, 0.1) is 20.0 Å². The summed E-state index contributed by atoms with van der Waals surface area (Å²) < 4.78 is 0. The Morgan fingerprint density at radius 1 is 0.522 bits per heavy atom. The van der Waals surface area contributed by atoms with Crippen LogP contribution < -0.4 is 0 Å². The fourth-order valence-electron chi connectivity index (χ4n) is 3.23. The van der Waals surface area contributed by atoms with E-state index in [1.54, 1.807) is 0 Å². The third-order valence-electron chi connectivity index (χ3n) is 5.30. The van der Waals surface area contributed by atoms with Crippen molar-refractivity contribution >= 4 is 0 Å². The zero-order chi connectivity index (χ0) is 16.8. The van der Waals surface area contributed by atoms with Crippen LogP contribution in [0.1, 0.15) is 27.7 Å². The van der Waals surface area contributed by atoms with Gasteiger partial charge >= 0.3 is 0 Å². The molecule has 23 heavy (non-hydrogen) atoms. The quantitative estimate of drug-likeness (QED) is 0.782. The molecule has 3 aliphatic heterocycles. The van der Waals surface area contributed by atoms with Crippen LogP contribution in [-0.4, -0.2) is 74.8 Å². The van der Waals surface area contributed by atoms with Crippen LogP contribution in [0.15, 0.2) is 37.2 Å². The molecule has 6 heteroatoms. The minimum absolute atomic E-state index is 0.0553. The Hall–Kier alpha value is -1.98. The Morgan fingerprint density at radius 3 is 1.13 bits per heavy atom. The van der Waals surface area contributed by atoms with Crippen molar-refractivity contribution in [2.45, 2.75) is 39.0 Å². The number of hydrogen-bond donors (Lipinski definition) is 0. The third-order valence-corrected chi connectivity index (χ3v) is 5.30. The summed E-state index contributed by atoms with van der Waals surface area (Å²) in [6.07, 6.45) is 13.1. The van der Waals surface area contributed by atoms with Crippen LogP contribution in [-0.2, 0) is 0 Å². The lowest BCUT2D eigenvalue weighted by Crippen LogP contribution is -2.57. The van der Waals surface area contributed by atoms with Gasteiger partial charge in [-0.15, -0.1) is 0 Å². The van der Waals surface area contributed by atoms with E-state index in [-0.39, 0.29) is 11.3 Å². The molecule has 0 aromatic rings. The lowest BCUT2D eigenvalue weighted by Gasteiger charge is -2.47. The van der Waals surface area contributed by atoms with E-state index in [1.807, 2.05) is 0 Å². The summed E-state index contributed by atoms with van der Waals surface area (Å²) in [6.45, 7) is 11.9. The summed E-state index contributed by atoms with van der Waals surface area (Å²) in [5.74, 6) is 0. The minimum Gasteiger partial charge on any atom is -0.362 e. The monoisotopic (exact) mass is 318 g/mol. The average Bonchev–Trinajstić information content (AvgIpc) is 3.17. The van der Waals surface area contributed by atoms with Gasteiger partial charge in [0.25, 0.3) is 0 Å². The highest BCUT2D eigenvalue weighted by Crippen LogP contribution is 2.32. The molecule has 6 nitrogen and oxygen atoms in total. The Kier molecular flexibility index (Phi) is 3.65. The number of rotatable bonds is 4. The third kappa shape index (κ3) is 2.71. The first-order valence-corrected chi connectivity index (χ1v) is 8.24. The van der Waals surface area contributed by atoms with Crippen molar-refractivity contribution < 1.29 is 0 Å². The van der Waals surface area contributed by atoms with Crippen LogP contribution in [0.5, 0.6) is 0 Å². The second kappa shape index (κ2) is 5.28. The Balaban J connectivity index is 1.68. The number of hydrogen-bond acceptors (Lipinski definition) is 6. The van der Waals surface area contributed by atoms with Crippen molar-refractivity contribution in [2.24, 2.45) is 0 Å². The van der Waals surface area contributed by atoms with Crippen LogP contribution in [0.3, 0.4) is 0 Å². The van der Waals surface area contributed by atoms with E-state index in [4.69, 9.17) is 0 Å². The Labute approximate surface area is 140 Å². The second-order valence-electron chi connectivity index (χ2n) is 7.70. The normalized spacial score (nSPS) is 21.7. The predicted molar refractivity (Wildman–Crippen MR) is 93.1 cm³/mol. The molecule has 0 unspecified atom stereocenters. The van der Waals surface area contributed by atoms with Crippen molar-refractivity contribution in [3.63, 3.8) is 0 Å². The summed E-state index contributed by atoms with van der Waals surface area (Å²) in [5, 5.41) is 0. The van der Waals surface area contributed by atoms with Gasteiger partial charge in [-0.1, -0.05) is 0 Å². The molecule has 0 atom stereocenters.